The van der Waals surface area contributed by atoms with Crippen LogP contribution in [0.15, 0.2) is 6.33 Å². The second kappa shape index (κ2) is 7.31. The Morgan fingerprint density at radius 1 is 1.00 bits per heavy atom. The van der Waals surface area contributed by atoms with Crippen molar-refractivity contribution in [2.75, 3.05) is 23.7 Å². The molecule has 0 aliphatic heterocycles. The van der Waals surface area contributed by atoms with Crippen molar-refractivity contribution in [3.8, 4) is 0 Å². The molecule has 0 unspecified atom stereocenters. The molecular formula is C15H28N4. The first-order valence-corrected chi connectivity index (χ1v) is 7.29. The number of hydrogen-bond acceptors (Lipinski definition) is 4. The van der Waals surface area contributed by atoms with Crippen LogP contribution in [-0.4, -0.2) is 23.1 Å². The maximum Gasteiger partial charge on any atom is 0.134 e. The predicted octanol–water partition coefficient (Wildman–Crippen LogP) is 3.71. The molecule has 0 saturated carbocycles. The smallest absolute Gasteiger partial charge is 0.134 e. The summed E-state index contributed by atoms with van der Waals surface area (Å²) in [5.74, 6) is 1.96. The second-order valence-electron chi connectivity index (χ2n) is 6.14. The SMILES string of the molecule is CCCNc1ncnc(NCC(C)(C)C)c1CCC. The first-order valence-electron chi connectivity index (χ1n) is 7.29. The maximum atomic E-state index is 4.41. The minimum Gasteiger partial charge on any atom is -0.370 e. The Balaban J connectivity index is 2.88. The van der Waals surface area contributed by atoms with Gasteiger partial charge in [-0.05, 0) is 18.3 Å². The molecule has 0 bridgehead atoms. The Labute approximate surface area is 117 Å². The number of anilines is 2. The zero-order valence-corrected chi connectivity index (χ0v) is 13.0. The lowest BCUT2D eigenvalue weighted by atomic mass is 9.97. The predicted molar refractivity (Wildman–Crippen MR) is 82.8 cm³/mol. The summed E-state index contributed by atoms with van der Waals surface area (Å²) in [6, 6.07) is 0. The molecule has 0 aliphatic carbocycles. The number of nitrogens with zero attached hydrogens (tertiary/aromatic N) is 2. The summed E-state index contributed by atoms with van der Waals surface area (Å²) in [5, 5.41) is 6.86. The van der Waals surface area contributed by atoms with E-state index in [2.05, 4.69) is 55.2 Å². The molecule has 1 aromatic rings. The van der Waals surface area contributed by atoms with Gasteiger partial charge in [0.05, 0.1) is 0 Å². The highest BCUT2D eigenvalue weighted by atomic mass is 15.1. The van der Waals surface area contributed by atoms with Crippen molar-refractivity contribution in [3.63, 3.8) is 0 Å². The molecule has 0 atom stereocenters. The number of hydrogen-bond donors (Lipinski definition) is 2. The zero-order valence-electron chi connectivity index (χ0n) is 13.0. The van der Waals surface area contributed by atoms with Crippen molar-refractivity contribution < 1.29 is 0 Å². The Kier molecular flexibility index (Phi) is 6.06. The summed E-state index contributed by atoms with van der Waals surface area (Å²) in [6.45, 7) is 12.9. The molecule has 1 aromatic heterocycles. The van der Waals surface area contributed by atoms with Crippen molar-refractivity contribution in [3.05, 3.63) is 11.9 Å². The third-order valence-corrected chi connectivity index (χ3v) is 2.77. The van der Waals surface area contributed by atoms with E-state index in [0.29, 0.717) is 0 Å². The Morgan fingerprint density at radius 3 is 2.16 bits per heavy atom. The number of rotatable bonds is 7. The molecule has 19 heavy (non-hydrogen) atoms. The molecule has 4 heteroatoms. The van der Waals surface area contributed by atoms with E-state index in [1.165, 1.54) is 5.56 Å². The van der Waals surface area contributed by atoms with Crippen molar-refractivity contribution in [2.45, 2.75) is 53.9 Å². The van der Waals surface area contributed by atoms with E-state index in [1.807, 2.05) is 0 Å². The molecule has 0 aliphatic rings. The maximum absolute atomic E-state index is 4.41. The molecule has 1 heterocycles. The monoisotopic (exact) mass is 264 g/mol. The molecule has 108 valence electrons. The van der Waals surface area contributed by atoms with Crippen LogP contribution >= 0.6 is 0 Å². The van der Waals surface area contributed by atoms with Crippen LogP contribution in [-0.2, 0) is 6.42 Å². The van der Waals surface area contributed by atoms with E-state index in [1.54, 1.807) is 6.33 Å². The molecule has 1 rings (SSSR count). The zero-order chi connectivity index (χ0) is 14.3. The highest BCUT2D eigenvalue weighted by Crippen LogP contribution is 2.23. The fourth-order valence-corrected chi connectivity index (χ4v) is 1.80. The van der Waals surface area contributed by atoms with Crippen LogP contribution in [0.3, 0.4) is 0 Å². The van der Waals surface area contributed by atoms with Crippen LogP contribution in [0.2, 0.25) is 0 Å². The van der Waals surface area contributed by atoms with Crippen molar-refractivity contribution in [2.24, 2.45) is 5.41 Å². The number of nitrogens with one attached hydrogen (secondary N) is 2. The van der Waals surface area contributed by atoms with E-state index >= 15 is 0 Å². The molecular weight excluding hydrogens is 236 g/mol. The van der Waals surface area contributed by atoms with Gasteiger partial charge in [0.1, 0.15) is 18.0 Å². The standard InChI is InChI=1S/C15H28N4/c1-6-8-12-13(16-9-7-2)18-11-19-14(12)17-10-15(3,4)5/h11H,6-10H2,1-5H3,(H2,16,17,18,19). The van der Waals surface area contributed by atoms with Gasteiger partial charge in [0.2, 0.25) is 0 Å². The lowest BCUT2D eigenvalue weighted by Gasteiger charge is -2.21. The summed E-state index contributed by atoms with van der Waals surface area (Å²) < 4.78 is 0. The van der Waals surface area contributed by atoms with Crippen LogP contribution in [0, 0.1) is 5.41 Å². The Morgan fingerprint density at radius 2 is 1.63 bits per heavy atom. The molecule has 4 nitrogen and oxygen atoms in total. The normalized spacial score (nSPS) is 11.4. The molecule has 0 aromatic carbocycles. The van der Waals surface area contributed by atoms with Crippen LogP contribution in [0.1, 0.15) is 53.0 Å². The van der Waals surface area contributed by atoms with Gasteiger partial charge >= 0.3 is 0 Å². The van der Waals surface area contributed by atoms with Gasteiger partial charge in [0, 0.05) is 18.7 Å². The second-order valence-corrected chi connectivity index (χ2v) is 6.14. The van der Waals surface area contributed by atoms with Gasteiger partial charge < -0.3 is 10.6 Å². The van der Waals surface area contributed by atoms with Crippen LogP contribution < -0.4 is 10.6 Å². The average Bonchev–Trinajstić information content (AvgIpc) is 2.35. The van der Waals surface area contributed by atoms with Crippen LogP contribution in [0.25, 0.3) is 0 Å². The Bertz CT molecular complexity index is 382. The number of aromatic nitrogens is 2. The van der Waals surface area contributed by atoms with Gasteiger partial charge in [0.25, 0.3) is 0 Å². The molecule has 0 amide bonds. The highest BCUT2D eigenvalue weighted by molar-refractivity contribution is 5.57. The fourth-order valence-electron chi connectivity index (χ4n) is 1.80. The molecule has 0 fully saturated rings. The Hall–Kier alpha value is -1.32. The highest BCUT2D eigenvalue weighted by Gasteiger charge is 2.14. The van der Waals surface area contributed by atoms with Crippen LogP contribution in [0.5, 0.6) is 0 Å². The van der Waals surface area contributed by atoms with E-state index in [4.69, 9.17) is 0 Å². The molecule has 0 saturated heterocycles. The topological polar surface area (TPSA) is 49.8 Å². The van der Waals surface area contributed by atoms with Gasteiger partial charge in [-0.25, -0.2) is 9.97 Å². The fraction of sp³-hybridized carbons (Fsp3) is 0.733. The average molecular weight is 264 g/mol. The first kappa shape index (κ1) is 15.7. The van der Waals surface area contributed by atoms with E-state index < -0.39 is 0 Å². The lowest BCUT2D eigenvalue weighted by Crippen LogP contribution is -2.21. The first-order chi connectivity index (χ1) is 8.98. The van der Waals surface area contributed by atoms with Gasteiger partial charge in [-0.2, -0.15) is 0 Å². The van der Waals surface area contributed by atoms with Crippen molar-refractivity contribution in [1.29, 1.82) is 0 Å². The van der Waals surface area contributed by atoms with Gasteiger partial charge in [-0.15, -0.1) is 0 Å². The summed E-state index contributed by atoms with van der Waals surface area (Å²) in [6.07, 6.45) is 4.83. The summed E-state index contributed by atoms with van der Waals surface area (Å²) in [4.78, 5) is 8.78. The van der Waals surface area contributed by atoms with E-state index in [0.717, 1.165) is 44.0 Å². The lowest BCUT2D eigenvalue weighted by molar-refractivity contribution is 0.442. The van der Waals surface area contributed by atoms with Gasteiger partial charge in [-0.1, -0.05) is 41.0 Å². The third kappa shape index (κ3) is 5.45. The van der Waals surface area contributed by atoms with Crippen molar-refractivity contribution >= 4 is 11.6 Å². The summed E-state index contributed by atoms with van der Waals surface area (Å²) in [7, 11) is 0. The van der Waals surface area contributed by atoms with Gasteiger partial charge in [-0.3, -0.25) is 0 Å². The third-order valence-electron chi connectivity index (χ3n) is 2.77. The summed E-state index contributed by atoms with van der Waals surface area (Å²) in [5.41, 5.74) is 1.45. The quantitative estimate of drug-likeness (QED) is 0.788. The summed E-state index contributed by atoms with van der Waals surface area (Å²) >= 11 is 0. The van der Waals surface area contributed by atoms with E-state index in [9.17, 15) is 0 Å². The van der Waals surface area contributed by atoms with E-state index in [-0.39, 0.29) is 5.41 Å². The molecule has 2 N–H and O–H groups in total. The minimum absolute atomic E-state index is 0.242. The largest absolute Gasteiger partial charge is 0.370 e. The molecule has 0 spiro atoms. The van der Waals surface area contributed by atoms with Gasteiger partial charge in [0.15, 0.2) is 0 Å². The van der Waals surface area contributed by atoms with Crippen LogP contribution in [0.4, 0.5) is 11.6 Å². The molecule has 0 radical (unpaired) electrons. The van der Waals surface area contributed by atoms with Crippen molar-refractivity contribution in [1.82, 2.24) is 9.97 Å². The minimum atomic E-state index is 0.242.